The predicted molar refractivity (Wildman–Crippen MR) is 105 cm³/mol. The number of benzene rings is 2. The number of nitrogens with zero attached hydrogens (tertiary/aromatic N) is 2. The average Bonchev–Trinajstić information content (AvgIpc) is 2.69. The number of rotatable bonds is 8. The molecule has 0 saturated carbocycles. The Morgan fingerprint density at radius 2 is 1.70 bits per heavy atom. The SMILES string of the molecule is Cc1ccc(Oc2ccc(OC(C)/C=N/OCc3ccccc3)cc2)nc1. The largest absolute Gasteiger partial charge is 0.485 e. The quantitative estimate of drug-likeness (QED) is 0.411. The van der Waals surface area contributed by atoms with Crippen molar-refractivity contribution in [3.63, 3.8) is 0 Å². The fraction of sp³-hybridized carbons (Fsp3) is 0.182. The molecule has 1 unspecified atom stereocenters. The first-order valence-corrected chi connectivity index (χ1v) is 8.75. The van der Waals surface area contributed by atoms with Crippen LogP contribution in [0.2, 0.25) is 0 Å². The smallest absolute Gasteiger partial charge is 0.219 e. The van der Waals surface area contributed by atoms with E-state index in [4.69, 9.17) is 14.3 Å². The molecule has 2 aromatic carbocycles. The van der Waals surface area contributed by atoms with Gasteiger partial charge in [0.25, 0.3) is 0 Å². The number of pyridine rings is 1. The monoisotopic (exact) mass is 362 g/mol. The third-order valence-electron chi connectivity index (χ3n) is 3.67. The fourth-order valence-corrected chi connectivity index (χ4v) is 2.28. The molecular formula is C22H22N2O3. The van der Waals surface area contributed by atoms with Crippen LogP contribution in [0.1, 0.15) is 18.1 Å². The van der Waals surface area contributed by atoms with Crippen LogP contribution in [0.4, 0.5) is 0 Å². The van der Waals surface area contributed by atoms with Crippen LogP contribution in [0.25, 0.3) is 0 Å². The molecule has 138 valence electrons. The Balaban J connectivity index is 1.45. The third kappa shape index (κ3) is 6.15. The van der Waals surface area contributed by atoms with Gasteiger partial charge in [-0.25, -0.2) is 4.98 Å². The van der Waals surface area contributed by atoms with Crippen LogP contribution in [0.15, 0.2) is 78.1 Å². The van der Waals surface area contributed by atoms with Crippen LogP contribution >= 0.6 is 0 Å². The van der Waals surface area contributed by atoms with Crippen molar-refractivity contribution in [1.82, 2.24) is 4.98 Å². The van der Waals surface area contributed by atoms with E-state index in [1.54, 1.807) is 12.4 Å². The summed E-state index contributed by atoms with van der Waals surface area (Å²) in [5, 5.41) is 3.96. The normalized spacial score (nSPS) is 11.9. The summed E-state index contributed by atoms with van der Waals surface area (Å²) in [5.41, 5.74) is 2.16. The Morgan fingerprint density at radius 3 is 2.41 bits per heavy atom. The van der Waals surface area contributed by atoms with Crippen LogP contribution in [0, 0.1) is 6.92 Å². The van der Waals surface area contributed by atoms with Crippen molar-refractivity contribution in [2.45, 2.75) is 26.6 Å². The molecular weight excluding hydrogens is 340 g/mol. The van der Waals surface area contributed by atoms with E-state index in [1.807, 2.05) is 80.6 Å². The summed E-state index contributed by atoms with van der Waals surface area (Å²) < 4.78 is 11.5. The van der Waals surface area contributed by atoms with E-state index in [1.165, 1.54) is 0 Å². The first kappa shape index (κ1) is 18.5. The van der Waals surface area contributed by atoms with Gasteiger partial charge >= 0.3 is 0 Å². The van der Waals surface area contributed by atoms with Crippen LogP contribution in [-0.2, 0) is 11.4 Å². The lowest BCUT2D eigenvalue weighted by Gasteiger charge is -2.11. The molecule has 1 aromatic heterocycles. The number of hydrogen-bond donors (Lipinski definition) is 0. The first-order chi connectivity index (χ1) is 13.2. The molecule has 0 bridgehead atoms. The van der Waals surface area contributed by atoms with Crippen LogP contribution < -0.4 is 9.47 Å². The first-order valence-electron chi connectivity index (χ1n) is 8.75. The van der Waals surface area contributed by atoms with Crippen LogP contribution in [0.3, 0.4) is 0 Å². The van der Waals surface area contributed by atoms with Crippen molar-refractivity contribution in [1.29, 1.82) is 0 Å². The summed E-state index contributed by atoms with van der Waals surface area (Å²) in [5.74, 6) is 1.98. The fourth-order valence-electron chi connectivity index (χ4n) is 2.28. The van der Waals surface area contributed by atoms with Gasteiger partial charge in [-0.15, -0.1) is 0 Å². The molecule has 0 aliphatic carbocycles. The number of aromatic nitrogens is 1. The topological polar surface area (TPSA) is 52.9 Å². The molecule has 0 N–H and O–H groups in total. The Kier molecular flexibility index (Phi) is 6.41. The molecule has 0 radical (unpaired) electrons. The predicted octanol–water partition coefficient (Wildman–Crippen LogP) is 5.15. The maximum absolute atomic E-state index is 5.79. The second-order valence-corrected chi connectivity index (χ2v) is 6.08. The summed E-state index contributed by atoms with van der Waals surface area (Å²) in [6.45, 7) is 4.32. The highest BCUT2D eigenvalue weighted by Gasteiger charge is 2.03. The second kappa shape index (κ2) is 9.38. The zero-order valence-corrected chi connectivity index (χ0v) is 15.4. The Hall–Kier alpha value is -3.34. The molecule has 0 fully saturated rings. The van der Waals surface area contributed by atoms with Crippen molar-refractivity contribution in [3.8, 4) is 17.4 Å². The van der Waals surface area contributed by atoms with Crippen molar-refractivity contribution in [3.05, 3.63) is 84.1 Å². The summed E-state index contributed by atoms with van der Waals surface area (Å²) in [6.07, 6.45) is 3.18. The molecule has 0 saturated heterocycles. The maximum Gasteiger partial charge on any atom is 0.219 e. The molecule has 0 aliphatic rings. The van der Waals surface area contributed by atoms with Crippen molar-refractivity contribution in [2.75, 3.05) is 0 Å². The molecule has 3 aromatic rings. The number of aryl methyl sites for hydroxylation is 1. The molecule has 0 aliphatic heterocycles. The molecule has 5 heteroatoms. The van der Waals surface area contributed by atoms with Gasteiger partial charge in [-0.2, -0.15) is 0 Å². The minimum Gasteiger partial charge on any atom is -0.485 e. The highest BCUT2D eigenvalue weighted by atomic mass is 16.6. The Bertz CT molecular complexity index is 847. The average molecular weight is 362 g/mol. The molecule has 1 atom stereocenters. The van der Waals surface area contributed by atoms with Crippen LogP contribution in [0.5, 0.6) is 17.4 Å². The maximum atomic E-state index is 5.79. The summed E-state index contributed by atoms with van der Waals surface area (Å²) in [6, 6.07) is 21.1. The minimum absolute atomic E-state index is 0.216. The van der Waals surface area contributed by atoms with Gasteiger partial charge in [0.2, 0.25) is 5.88 Å². The van der Waals surface area contributed by atoms with Crippen molar-refractivity contribution >= 4 is 6.21 Å². The third-order valence-corrected chi connectivity index (χ3v) is 3.67. The number of ether oxygens (including phenoxy) is 2. The summed E-state index contributed by atoms with van der Waals surface area (Å²) in [7, 11) is 0. The highest BCUT2D eigenvalue weighted by Crippen LogP contribution is 2.23. The molecule has 27 heavy (non-hydrogen) atoms. The Morgan fingerprint density at radius 1 is 0.963 bits per heavy atom. The van der Waals surface area contributed by atoms with Gasteiger partial charge in [0.1, 0.15) is 24.2 Å². The molecule has 1 heterocycles. The zero-order valence-electron chi connectivity index (χ0n) is 15.4. The lowest BCUT2D eigenvalue weighted by molar-refractivity contribution is 0.128. The second-order valence-electron chi connectivity index (χ2n) is 6.08. The van der Waals surface area contributed by atoms with E-state index in [9.17, 15) is 0 Å². The van der Waals surface area contributed by atoms with Gasteiger partial charge in [0.15, 0.2) is 0 Å². The van der Waals surface area contributed by atoms with E-state index >= 15 is 0 Å². The molecule has 5 nitrogen and oxygen atoms in total. The lowest BCUT2D eigenvalue weighted by Crippen LogP contribution is -2.13. The van der Waals surface area contributed by atoms with E-state index in [2.05, 4.69) is 10.1 Å². The van der Waals surface area contributed by atoms with Crippen molar-refractivity contribution in [2.24, 2.45) is 5.16 Å². The zero-order chi connectivity index (χ0) is 18.9. The van der Waals surface area contributed by atoms with E-state index in [0.717, 1.165) is 16.9 Å². The standard InChI is InChI=1S/C22H22N2O3/c1-17-8-13-22(23-14-17)27-21-11-9-20(10-12-21)26-18(2)15-24-25-16-19-6-4-3-5-7-19/h3-15,18H,16H2,1-2H3/b24-15+. The highest BCUT2D eigenvalue weighted by molar-refractivity contribution is 5.62. The van der Waals surface area contributed by atoms with Gasteiger partial charge in [0, 0.05) is 12.3 Å². The molecule has 3 rings (SSSR count). The summed E-state index contributed by atoms with van der Waals surface area (Å²) in [4.78, 5) is 9.51. The van der Waals surface area contributed by atoms with Gasteiger partial charge in [-0.3, -0.25) is 0 Å². The van der Waals surface area contributed by atoms with Gasteiger partial charge in [-0.05, 0) is 49.2 Å². The van der Waals surface area contributed by atoms with Gasteiger partial charge in [-0.1, -0.05) is 41.6 Å². The van der Waals surface area contributed by atoms with Crippen molar-refractivity contribution < 1.29 is 14.3 Å². The van der Waals surface area contributed by atoms with E-state index in [0.29, 0.717) is 18.2 Å². The molecule has 0 spiro atoms. The van der Waals surface area contributed by atoms with Crippen LogP contribution in [-0.4, -0.2) is 17.3 Å². The lowest BCUT2D eigenvalue weighted by atomic mass is 10.2. The molecule has 0 amide bonds. The Labute approximate surface area is 159 Å². The van der Waals surface area contributed by atoms with E-state index < -0.39 is 0 Å². The summed E-state index contributed by atoms with van der Waals surface area (Å²) >= 11 is 0. The number of oxime groups is 1. The van der Waals surface area contributed by atoms with Gasteiger partial charge < -0.3 is 14.3 Å². The number of hydrogen-bond acceptors (Lipinski definition) is 5. The van der Waals surface area contributed by atoms with Gasteiger partial charge in [0.05, 0.1) is 6.21 Å². The minimum atomic E-state index is -0.216. The van der Waals surface area contributed by atoms with E-state index in [-0.39, 0.29) is 6.10 Å².